The average Bonchev–Trinajstić information content (AvgIpc) is 2.96. The highest BCUT2D eigenvalue weighted by atomic mass is 32.1. The van der Waals surface area contributed by atoms with E-state index in [0.29, 0.717) is 13.0 Å². The molecule has 0 spiro atoms. The number of amides is 2. The molecule has 2 heterocycles. The summed E-state index contributed by atoms with van der Waals surface area (Å²) < 4.78 is 0. The van der Waals surface area contributed by atoms with E-state index in [4.69, 9.17) is 0 Å². The fourth-order valence-corrected chi connectivity index (χ4v) is 3.60. The first-order valence-electron chi connectivity index (χ1n) is 7.51. The molecule has 0 saturated carbocycles. The van der Waals surface area contributed by atoms with E-state index in [1.807, 2.05) is 18.4 Å². The zero-order chi connectivity index (χ0) is 15.6. The van der Waals surface area contributed by atoms with E-state index in [1.54, 1.807) is 23.2 Å². The number of hydrogen-bond acceptors (Lipinski definition) is 3. The zero-order valence-corrected chi connectivity index (χ0v) is 14.0. The number of nitrogens with zero attached hydrogens (tertiary/aromatic N) is 1. The van der Waals surface area contributed by atoms with Crippen LogP contribution in [0.4, 0.5) is 0 Å². The Balaban J connectivity index is 2.19. The Labute approximate surface area is 130 Å². The standard InChI is InChI=1S/C16H24N2O2S/c1-5-7-12-15(20)18(11(2)14(19)17-12)10-16(3,4)13-8-6-9-21-13/h6,8-9,11-12H,5,7,10H2,1-4H3,(H,17,19). The molecule has 0 aromatic carbocycles. The molecular formula is C16H24N2O2S. The Kier molecular flexibility index (Phi) is 4.71. The van der Waals surface area contributed by atoms with Crippen molar-refractivity contribution in [2.24, 2.45) is 0 Å². The van der Waals surface area contributed by atoms with Crippen molar-refractivity contribution in [2.75, 3.05) is 6.54 Å². The minimum absolute atomic E-state index is 0.0463. The molecule has 1 aromatic rings. The maximum Gasteiger partial charge on any atom is 0.245 e. The fourth-order valence-electron chi connectivity index (χ4n) is 2.75. The topological polar surface area (TPSA) is 49.4 Å². The average molecular weight is 308 g/mol. The van der Waals surface area contributed by atoms with E-state index in [0.717, 1.165) is 6.42 Å². The predicted octanol–water partition coefficient (Wildman–Crippen LogP) is 2.54. The Morgan fingerprint density at radius 1 is 1.38 bits per heavy atom. The van der Waals surface area contributed by atoms with Gasteiger partial charge in [0.15, 0.2) is 0 Å². The van der Waals surface area contributed by atoms with Gasteiger partial charge in [0.1, 0.15) is 12.1 Å². The second-order valence-electron chi connectivity index (χ2n) is 6.35. The zero-order valence-electron chi connectivity index (χ0n) is 13.2. The molecule has 0 aliphatic carbocycles. The molecule has 2 unspecified atom stereocenters. The lowest BCUT2D eigenvalue weighted by molar-refractivity contribution is -0.149. The summed E-state index contributed by atoms with van der Waals surface area (Å²) >= 11 is 1.69. The summed E-state index contributed by atoms with van der Waals surface area (Å²) in [6, 6.07) is 3.35. The Morgan fingerprint density at radius 3 is 2.67 bits per heavy atom. The largest absolute Gasteiger partial charge is 0.343 e. The van der Waals surface area contributed by atoms with Crippen LogP contribution in [0.1, 0.15) is 45.4 Å². The summed E-state index contributed by atoms with van der Waals surface area (Å²) in [4.78, 5) is 27.7. The lowest BCUT2D eigenvalue weighted by Crippen LogP contribution is -2.63. The molecule has 1 N–H and O–H groups in total. The molecule has 0 radical (unpaired) electrons. The summed E-state index contributed by atoms with van der Waals surface area (Å²) in [7, 11) is 0. The minimum Gasteiger partial charge on any atom is -0.343 e. The van der Waals surface area contributed by atoms with Gasteiger partial charge >= 0.3 is 0 Å². The van der Waals surface area contributed by atoms with E-state index >= 15 is 0 Å². The smallest absolute Gasteiger partial charge is 0.245 e. The van der Waals surface area contributed by atoms with E-state index in [-0.39, 0.29) is 23.3 Å². The van der Waals surface area contributed by atoms with Gasteiger partial charge in [-0.1, -0.05) is 33.3 Å². The number of hydrogen-bond donors (Lipinski definition) is 1. The minimum atomic E-state index is -0.398. The van der Waals surface area contributed by atoms with Gasteiger partial charge in [0.2, 0.25) is 11.8 Å². The summed E-state index contributed by atoms with van der Waals surface area (Å²) in [6.07, 6.45) is 1.58. The summed E-state index contributed by atoms with van der Waals surface area (Å²) in [6.45, 7) is 8.65. The summed E-state index contributed by atoms with van der Waals surface area (Å²) in [5.74, 6) is 0.00334. The van der Waals surface area contributed by atoms with Crippen molar-refractivity contribution in [1.29, 1.82) is 0 Å². The van der Waals surface area contributed by atoms with Crippen molar-refractivity contribution in [3.05, 3.63) is 22.4 Å². The van der Waals surface area contributed by atoms with Crippen molar-refractivity contribution in [3.63, 3.8) is 0 Å². The van der Waals surface area contributed by atoms with Crippen LogP contribution in [0, 0.1) is 0 Å². The van der Waals surface area contributed by atoms with Crippen molar-refractivity contribution in [3.8, 4) is 0 Å². The second-order valence-corrected chi connectivity index (χ2v) is 7.30. The third kappa shape index (κ3) is 3.28. The molecule has 2 rings (SSSR count). The van der Waals surface area contributed by atoms with E-state index < -0.39 is 6.04 Å². The molecule has 0 bridgehead atoms. The van der Waals surface area contributed by atoms with Gasteiger partial charge in [-0.2, -0.15) is 0 Å². The highest BCUT2D eigenvalue weighted by Crippen LogP contribution is 2.30. The molecule has 116 valence electrons. The first-order valence-corrected chi connectivity index (χ1v) is 8.39. The molecular weight excluding hydrogens is 284 g/mol. The van der Waals surface area contributed by atoms with Gasteiger partial charge in [0.05, 0.1) is 0 Å². The number of thiophene rings is 1. The Morgan fingerprint density at radius 2 is 2.10 bits per heavy atom. The molecule has 1 fully saturated rings. The first kappa shape index (κ1) is 16.0. The summed E-state index contributed by atoms with van der Waals surface area (Å²) in [5, 5.41) is 4.89. The molecule has 1 aromatic heterocycles. The maximum atomic E-state index is 12.6. The molecule has 1 saturated heterocycles. The quantitative estimate of drug-likeness (QED) is 0.909. The van der Waals surface area contributed by atoms with Crippen LogP contribution in [-0.2, 0) is 15.0 Å². The molecule has 21 heavy (non-hydrogen) atoms. The number of nitrogens with one attached hydrogen (secondary N) is 1. The van der Waals surface area contributed by atoms with Crippen LogP contribution in [0.5, 0.6) is 0 Å². The van der Waals surface area contributed by atoms with Crippen LogP contribution in [0.15, 0.2) is 17.5 Å². The van der Waals surface area contributed by atoms with Gasteiger partial charge in [-0.05, 0) is 24.8 Å². The van der Waals surface area contributed by atoms with Crippen LogP contribution in [-0.4, -0.2) is 35.3 Å². The SMILES string of the molecule is CCCC1NC(=O)C(C)N(CC(C)(C)c2cccs2)C1=O. The van der Waals surface area contributed by atoms with Crippen LogP contribution in [0.25, 0.3) is 0 Å². The third-order valence-corrected chi connectivity index (χ3v) is 5.31. The molecule has 4 nitrogen and oxygen atoms in total. The normalized spacial score (nSPS) is 23.3. The molecule has 5 heteroatoms. The van der Waals surface area contributed by atoms with Crippen molar-refractivity contribution < 1.29 is 9.59 Å². The van der Waals surface area contributed by atoms with Gasteiger partial charge < -0.3 is 10.2 Å². The number of carbonyl (C=O) groups excluding carboxylic acids is 2. The van der Waals surface area contributed by atoms with Gasteiger partial charge in [0.25, 0.3) is 0 Å². The third-order valence-electron chi connectivity index (χ3n) is 4.08. The van der Waals surface area contributed by atoms with Crippen molar-refractivity contribution in [1.82, 2.24) is 10.2 Å². The van der Waals surface area contributed by atoms with E-state index in [2.05, 4.69) is 25.2 Å². The molecule has 2 atom stereocenters. The molecule has 2 amide bonds. The van der Waals surface area contributed by atoms with E-state index in [9.17, 15) is 9.59 Å². The van der Waals surface area contributed by atoms with Crippen molar-refractivity contribution >= 4 is 23.2 Å². The highest BCUT2D eigenvalue weighted by molar-refractivity contribution is 7.10. The monoisotopic (exact) mass is 308 g/mol. The fraction of sp³-hybridized carbons (Fsp3) is 0.625. The lowest BCUT2D eigenvalue weighted by Gasteiger charge is -2.41. The van der Waals surface area contributed by atoms with Crippen LogP contribution >= 0.6 is 11.3 Å². The predicted molar refractivity (Wildman–Crippen MR) is 85.4 cm³/mol. The first-order chi connectivity index (χ1) is 9.86. The highest BCUT2D eigenvalue weighted by Gasteiger charge is 2.40. The van der Waals surface area contributed by atoms with Gasteiger partial charge in [-0.15, -0.1) is 11.3 Å². The number of piperazine rings is 1. The summed E-state index contributed by atoms with van der Waals surface area (Å²) in [5.41, 5.74) is -0.146. The van der Waals surface area contributed by atoms with E-state index in [1.165, 1.54) is 4.88 Å². The Bertz CT molecular complexity index is 510. The lowest BCUT2D eigenvalue weighted by atomic mass is 9.89. The maximum absolute atomic E-state index is 12.6. The van der Waals surface area contributed by atoms with Gasteiger partial charge in [-0.25, -0.2) is 0 Å². The van der Waals surface area contributed by atoms with Crippen molar-refractivity contribution in [2.45, 2.75) is 58.0 Å². The number of carbonyl (C=O) groups is 2. The van der Waals surface area contributed by atoms with Gasteiger partial charge in [-0.3, -0.25) is 9.59 Å². The molecule has 1 aliphatic rings. The van der Waals surface area contributed by atoms with Crippen LogP contribution in [0.3, 0.4) is 0 Å². The van der Waals surface area contributed by atoms with Crippen LogP contribution in [0.2, 0.25) is 0 Å². The van der Waals surface area contributed by atoms with Gasteiger partial charge in [0, 0.05) is 16.8 Å². The second kappa shape index (κ2) is 6.18. The van der Waals surface area contributed by atoms with Crippen LogP contribution < -0.4 is 5.32 Å². The Hall–Kier alpha value is -1.36. The molecule has 1 aliphatic heterocycles. The number of rotatable bonds is 5.